The van der Waals surface area contributed by atoms with E-state index in [1.54, 1.807) is 0 Å². The third kappa shape index (κ3) is 8.45. The minimum absolute atomic E-state index is 0.163. The summed E-state index contributed by atoms with van der Waals surface area (Å²) in [6.45, 7) is 13.4. The number of hydrogen-bond donors (Lipinski definition) is 2. The quantitative estimate of drug-likeness (QED) is 0.306. The molecule has 0 radical (unpaired) electrons. The number of hydrogen-bond acceptors (Lipinski definition) is 8. The molecule has 0 unspecified atom stereocenters. The van der Waals surface area contributed by atoms with Crippen molar-refractivity contribution in [3.8, 4) is 11.5 Å². The number of benzene rings is 2. The van der Waals surface area contributed by atoms with Crippen LogP contribution in [0, 0.1) is 49.4 Å². The van der Waals surface area contributed by atoms with Crippen molar-refractivity contribution >= 4 is 0 Å². The van der Waals surface area contributed by atoms with Gasteiger partial charge in [0, 0.05) is 61.5 Å². The molecule has 1 aliphatic heterocycles. The van der Waals surface area contributed by atoms with Crippen LogP contribution < -0.4 is 0 Å². The molecule has 9 aliphatic rings. The topological polar surface area (TPSA) is 83.9 Å². The fourth-order valence-electron chi connectivity index (χ4n) is 14.1. The Bertz CT molecular complexity index is 1460. The lowest BCUT2D eigenvalue weighted by Crippen LogP contribution is -2.48. The first-order valence-electron chi connectivity index (χ1n) is 22.6. The van der Waals surface area contributed by atoms with Gasteiger partial charge >= 0.3 is 0 Å². The van der Waals surface area contributed by atoms with Crippen LogP contribution >= 0.6 is 0 Å². The van der Waals surface area contributed by atoms with Crippen molar-refractivity contribution in [1.82, 2.24) is 9.80 Å². The highest BCUT2D eigenvalue weighted by Gasteiger charge is 2.54. The first-order valence-corrected chi connectivity index (χ1v) is 22.6. The summed E-state index contributed by atoms with van der Waals surface area (Å²) in [5, 5.41) is 23.8. The Morgan fingerprint density at radius 2 is 0.750 bits per heavy atom. The van der Waals surface area contributed by atoms with Gasteiger partial charge in [-0.05, 0) is 137 Å². The van der Waals surface area contributed by atoms with Gasteiger partial charge in [-0.1, -0.05) is 35.4 Å². The largest absolute Gasteiger partial charge is 0.507 e. The SMILES string of the molecule is Cc1cc(CN2CCOCCOCCN(Cc3cc(C)cc(C45CC6CC(CC(C6)C4)C5)c3O)CCOCCOCC2)c(O)c(C23CC4CC(CC(C4)C2)C3)c1. The van der Waals surface area contributed by atoms with Crippen molar-refractivity contribution in [3.63, 3.8) is 0 Å². The van der Waals surface area contributed by atoms with E-state index in [4.69, 9.17) is 18.9 Å². The number of rotatable bonds is 6. The highest BCUT2D eigenvalue weighted by Crippen LogP contribution is 2.63. The van der Waals surface area contributed by atoms with Gasteiger partial charge in [0.2, 0.25) is 0 Å². The highest BCUT2D eigenvalue weighted by molar-refractivity contribution is 5.50. The lowest BCUT2D eigenvalue weighted by Gasteiger charge is -2.57. The smallest absolute Gasteiger partial charge is 0.123 e. The van der Waals surface area contributed by atoms with Crippen LogP contribution in [0.5, 0.6) is 11.5 Å². The molecule has 8 bridgehead atoms. The van der Waals surface area contributed by atoms with E-state index in [1.165, 1.54) is 99.3 Å². The molecule has 2 aromatic rings. The standard InChI is InChI=1S/C48H70N2O6/c1-33-15-41(45(51)43(17-33)47-25-35-19-36(26-47)21-37(20-35)27-47)31-49-3-7-53-11-13-55-9-5-50(6-10-56-14-12-54-8-4-49)32-42-16-34(2)18-44(46(42)52)48-28-38-22-39(29-48)24-40(23-38)30-48/h15-18,35-40,51-52H,3-14,19-32H2,1-2H3. The molecule has 1 heterocycles. The lowest BCUT2D eigenvalue weighted by molar-refractivity contribution is -0.00655. The molecule has 8 nitrogen and oxygen atoms in total. The lowest BCUT2D eigenvalue weighted by atomic mass is 9.48. The summed E-state index contributed by atoms with van der Waals surface area (Å²) in [6.07, 6.45) is 15.9. The van der Waals surface area contributed by atoms with Crippen molar-refractivity contribution in [1.29, 1.82) is 0 Å². The van der Waals surface area contributed by atoms with Crippen LogP contribution in [-0.2, 0) is 42.9 Å². The van der Waals surface area contributed by atoms with Crippen LogP contribution in [0.4, 0.5) is 0 Å². The molecular weight excluding hydrogens is 701 g/mol. The van der Waals surface area contributed by atoms with Crippen molar-refractivity contribution in [2.24, 2.45) is 35.5 Å². The van der Waals surface area contributed by atoms with Gasteiger partial charge in [-0.2, -0.15) is 0 Å². The van der Waals surface area contributed by atoms with Crippen LogP contribution in [0.15, 0.2) is 24.3 Å². The molecule has 2 N–H and O–H groups in total. The second-order valence-corrected chi connectivity index (χ2v) is 20.0. The monoisotopic (exact) mass is 771 g/mol. The molecule has 308 valence electrons. The van der Waals surface area contributed by atoms with E-state index >= 15 is 0 Å². The second kappa shape index (κ2) is 16.8. The van der Waals surface area contributed by atoms with Crippen LogP contribution in [0.1, 0.15) is 110 Å². The summed E-state index contributed by atoms with van der Waals surface area (Å²) in [5.74, 6) is 6.12. The Balaban J connectivity index is 0.801. The van der Waals surface area contributed by atoms with E-state index in [0.29, 0.717) is 77.4 Å². The predicted molar refractivity (Wildman–Crippen MR) is 219 cm³/mol. The van der Waals surface area contributed by atoms with Gasteiger partial charge in [-0.25, -0.2) is 0 Å². The van der Waals surface area contributed by atoms with Gasteiger partial charge in [0.15, 0.2) is 0 Å². The minimum atomic E-state index is 0.163. The van der Waals surface area contributed by atoms with E-state index < -0.39 is 0 Å². The molecule has 11 rings (SSSR count). The zero-order valence-electron chi connectivity index (χ0n) is 34.6. The average molecular weight is 771 g/mol. The minimum Gasteiger partial charge on any atom is -0.507 e. The van der Waals surface area contributed by atoms with E-state index in [9.17, 15) is 10.2 Å². The maximum absolute atomic E-state index is 11.9. The van der Waals surface area contributed by atoms with E-state index in [0.717, 1.165) is 72.8 Å². The van der Waals surface area contributed by atoms with Crippen LogP contribution in [0.2, 0.25) is 0 Å². The number of phenolic OH excluding ortho intramolecular Hbond substituents is 2. The first kappa shape index (κ1) is 39.3. The second-order valence-electron chi connectivity index (χ2n) is 20.0. The molecule has 9 fully saturated rings. The maximum Gasteiger partial charge on any atom is 0.123 e. The molecule has 8 saturated carbocycles. The van der Waals surface area contributed by atoms with E-state index in [1.807, 2.05) is 0 Å². The summed E-state index contributed by atoms with van der Waals surface area (Å²) in [6, 6.07) is 9.00. The molecule has 0 aromatic heterocycles. The zero-order chi connectivity index (χ0) is 38.3. The van der Waals surface area contributed by atoms with Gasteiger partial charge < -0.3 is 29.2 Å². The summed E-state index contributed by atoms with van der Waals surface area (Å²) in [5.41, 5.74) is 7.37. The van der Waals surface area contributed by atoms with Gasteiger partial charge in [0.25, 0.3) is 0 Å². The van der Waals surface area contributed by atoms with Crippen molar-refractivity contribution in [2.45, 2.75) is 115 Å². The Morgan fingerprint density at radius 3 is 1.04 bits per heavy atom. The van der Waals surface area contributed by atoms with Gasteiger partial charge in [0.1, 0.15) is 11.5 Å². The third-order valence-electron chi connectivity index (χ3n) is 15.6. The summed E-state index contributed by atoms with van der Waals surface area (Å²) < 4.78 is 24.5. The Morgan fingerprint density at radius 1 is 0.464 bits per heavy atom. The highest BCUT2D eigenvalue weighted by atomic mass is 16.5. The molecule has 0 spiro atoms. The Labute approximate surface area is 336 Å². The molecule has 56 heavy (non-hydrogen) atoms. The summed E-state index contributed by atoms with van der Waals surface area (Å²) in [4.78, 5) is 4.74. The summed E-state index contributed by atoms with van der Waals surface area (Å²) >= 11 is 0. The van der Waals surface area contributed by atoms with Crippen LogP contribution in [0.25, 0.3) is 0 Å². The number of aryl methyl sites for hydroxylation is 2. The first-order chi connectivity index (χ1) is 27.2. The molecule has 2 aromatic carbocycles. The molecule has 8 heteroatoms. The molecule has 0 amide bonds. The fraction of sp³-hybridized carbons (Fsp3) is 0.750. The Hall–Kier alpha value is -2.20. The van der Waals surface area contributed by atoms with E-state index in [-0.39, 0.29) is 10.8 Å². The van der Waals surface area contributed by atoms with Gasteiger partial charge in [-0.3, -0.25) is 9.80 Å². The van der Waals surface area contributed by atoms with Gasteiger partial charge in [0.05, 0.1) is 52.9 Å². The fourth-order valence-corrected chi connectivity index (χ4v) is 14.1. The maximum atomic E-state index is 11.9. The average Bonchev–Trinajstić information content (AvgIpc) is 3.14. The number of aromatic hydroxyl groups is 2. The number of phenols is 2. The van der Waals surface area contributed by atoms with Crippen LogP contribution in [0.3, 0.4) is 0 Å². The predicted octanol–water partition coefficient (Wildman–Crippen LogP) is 8.03. The molecular formula is C48H70N2O6. The summed E-state index contributed by atoms with van der Waals surface area (Å²) in [7, 11) is 0. The van der Waals surface area contributed by atoms with Gasteiger partial charge in [-0.15, -0.1) is 0 Å². The zero-order valence-corrected chi connectivity index (χ0v) is 34.6. The normalized spacial score (nSPS) is 36.1. The number of ether oxygens (including phenoxy) is 4. The van der Waals surface area contributed by atoms with Crippen molar-refractivity contribution in [3.05, 3.63) is 57.6 Å². The third-order valence-corrected chi connectivity index (χ3v) is 15.6. The Kier molecular flexibility index (Phi) is 11.8. The van der Waals surface area contributed by atoms with Crippen molar-refractivity contribution in [2.75, 3.05) is 79.0 Å². The van der Waals surface area contributed by atoms with Crippen LogP contribution in [-0.4, -0.2) is 99.0 Å². The molecule has 8 aliphatic carbocycles. The number of nitrogens with zero attached hydrogens (tertiary/aromatic N) is 2. The van der Waals surface area contributed by atoms with Crippen molar-refractivity contribution < 1.29 is 29.2 Å². The molecule has 1 saturated heterocycles. The van der Waals surface area contributed by atoms with E-state index in [2.05, 4.69) is 47.9 Å². The molecule has 0 atom stereocenters.